The van der Waals surface area contributed by atoms with Crippen molar-refractivity contribution in [3.63, 3.8) is 0 Å². The van der Waals surface area contributed by atoms with Crippen LogP contribution < -0.4 is 4.90 Å². The molecule has 1 unspecified atom stereocenters. The highest BCUT2D eigenvalue weighted by Gasteiger charge is 2.20. The Kier molecular flexibility index (Phi) is 4.53. The van der Waals surface area contributed by atoms with Crippen molar-refractivity contribution in [1.29, 1.82) is 0 Å². The summed E-state index contributed by atoms with van der Waals surface area (Å²) in [5, 5.41) is 9.11. The summed E-state index contributed by atoms with van der Waals surface area (Å²) in [6.07, 6.45) is 7.17. The Labute approximate surface area is 109 Å². The molecule has 1 aromatic heterocycles. The maximum Gasteiger partial charge on any atom is 0.147 e. The van der Waals surface area contributed by atoms with E-state index in [1.807, 2.05) is 0 Å². The van der Waals surface area contributed by atoms with Crippen molar-refractivity contribution in [1.82, 2.24) is 9.97 Å². The number of rotatable bonds is 3. The van der Waals surface area contributed by atoms with E-state index in [0.717, 1.165) is 30.7 Å². The molecular weight excluding hydrogens is 226 g/mol. The highest BCUT2D eigenvalue weighted by molar-refractivity contribution is 5.36. The van der Waals surface area contributed by atoms with E-state index in [0.29, 0.717) is 5.69 Å². The fourth-order valence-electron chi connectivity index (χ4n) is 2.64. The first-order valence-corrected chi connectivity index (χ1v) is 6.87. The lowest BCUT2D eigenvalue weighted by molar-refractivity contribution is 0.276. The van der Waals surface area contributed by atoms with Gasteiger partial charge in [0.2, 0.25) is 0 Å². The van der Waals surface area contributed by atoms with Gasteiger partial charge >= 0.3 is 0 Å². The Bertz CT molecular complexity index is 381. The molecule has 0 bridgehead atoms. The molecule has 0 saturated carbocycles. The summed E-state index contributed by atoms with van der Waals surface area (Å²) in [5.41, 5.74) is 0.650. The second-order valence-corrected chi connectivity index (χ2v) is 5.45. The second-order valence-electron chi connectivity index (χ2n) is 5.45. The maximum absolute atomic E-state index is 9.11. The lowest BCUT2D eigenvalue weighted by atomic mass is 9.89. The van der Waals surface area contributed by atoms with Crippen LogP contribution in [0, 0.1) is 11.8 Å². The first-order chi connectivity index (χ1) is 8.70. The minimum Gasteiger partial charge on any atom is -0.390 e. The Balaban J connectivity index is 2.04. The molecule has 1 aliphatic heterocycles. The van der Waals surface area contributed by atoms with Gasteiger partial charge in [0.05, 0.1) is 24.7 Å². The Morgan fingerprint density at radius 1 is 1.33 bits per heavy atom. The van der Waals surface area contributed by atoms with Crippen molar-refractivity contribution in [2.24, 2.45) is 11.8 Å². The van der Waals surface area contributed by atoms with Gasteiger partial charge in [-0.05, 0) is 31.1 Å². The number of aromatic nitrogens is 2. The molecule has 1 saturated heterocycles. The molecule has 1 fully saturated rings. The zero-order valence-electron chi connectivity index (χ0n) is 11.3. The van der Waals surface area contributed by atoms with Gasteiger partial charge in [0, 0.05) is 13.1 Å². The second kappa shape index (κ2) is 6.14. The van der Waals surface area contributed by atoms with Gasteiger partial charge in [-0.15, -0.1) is 0 Å². The van der Waals surface area contributed by atoms with Gasteiger partial charge in [-0.2, -0.15) is 0 Å². The van der Waals surface area contributed by atoms with E-state index in [2.05, 4.69) is 28.7 Å². The summed E-state index contributed by atoms with van der Waals surface area (Å²) in [6, 6.07) is 0. The van der Waals surface area contributed by atoms with Gasteiger partial charge in [0.15, 0.2) is 0 Å². The van der Waals surface area contributed by atoms with Crippen molar-refractivity contribution in [3.8, 4) is 0 Å². The van der Waals surface area contributed by atoms with Crippen LogP contribution in [0.2, 0.25) is 0 Å². The summed E-state index contributed by atoms with van der Waals surface area (Å²) < 4.78 is 0. The minimum atomic E-state index is -0.0384. The van der Waals surface area contributed by atoms with Crippen LogP contribution >= 0.6 is 0 Å². The van der Waals surface area contributed by atoms with Crippen LogP contribution in [0.1, 0.15) is 38.8 Å². The van der Waals surface area contributed by atoms with Crippen LogP contribution in [0.25, 0.3) is 0 Å². The molecule has 1 aliphatic rings. The van der Waals surface area contributed by atoms with Gasteiger partial charge in [-0.1, -0.05) is 13.8 Å². The minimum absolute atomic E-state index is 0.0384. The Hall–Kier alpha value is -1.16. The summed E-state index contributed by atoms with van der Waals surface area (Å²) in [4.78, 5) is 10.9. The van der Waals surface area contributed by atoms with E-state index in [1.165, 1.54) is 19.3 Å². The third kappa shape index (κ3) is 3.19. The zero-order chi connectivity index (χ0) is 13.0. The number of anilines is 1. The van der Waals surface area contributed by atoms with Gasteiger partial charge in [-0.25, -0.2) is 4.98 Å². The molecule has 0 spiro atoms. The van der Waals surface area contributed by atoms with E-state index in [4.69, 9.17) is 5.11 Å². The number of hydrogen-bond acceptors (Lipinski definition) is 4. The Morgan fingerprint density at radius 3 is 2.89 bits per heavy atom. The standard InChI is InChI=1S/C14H23N3O/c1-11(2)12-4-3-6-17(7-5-12)14-9-15-8-13(10-18)16-14/h8-9,11-12,18H,3-7,10H2,1-2H3. The number of hydrogen-bond donors (Lipinski definition) is 1. The molecule has 2 heterocycles. The molecule has 4 heteroatoms. The third-order valence-corrected chi connectivity index (χ3v) is 3.87. The molecule has 0 radical (unpaired) electrons. The first-order valence-electron chi connectivity index (χ1n) is 6.87. The zero-order valence-corrected chi connectivity index (χ0v) is 11.3. The van der Waals surface area contributed by atoms with Crippen LogP contribution in [0.15, 0.2) is 12.4 Å². The topological polar surface area (TPSA) is 49.2 Å². The summed E-state index contributed by atoms with van der Waals surface area (Å²) in [6.45, 7) is 6.68. The summed E-state index contributed by atoms with van der Waals surface area (Å²) >= 11 is 0. The average molecular weight is 249 g/mol. The molecule has 1 aromatic rings. The predicted octanol–water partition coefficient (Wildman–Crippen LogP) is 2.23. The third-order valence-electron chi connectivity index (χ3n) is 3.87. The fourth-order valence-corrected chi connectivity index (χ4v) is 2.64. The molecule has 0 amide bonds. The van der Waals surface area contributed by atoms with E-state index in [1.54, 1.807) is 12.4 Å². The molecule has 1 atom stereocenters. The SMILES string of the molecule is CC(C)C1CCCN(c2cncc(CO)n2)CC1. The summed E-state index contributed by atoms with van der Waals surface area (Å²) in [5.74, 6) is 2.50. The van der Waals surface area contributed by atoms with E-state index < -0.39 is 0 Å². The van der Waals surface area contributed by atoms with Gasteiger partial charge < -0.3 is 10.0 Å². The van der Waals surface area contributed by atoms with Crippen molar-refractivity contribution >= 4 is 5.82 Å². The van der Waals surface area contributed by atoms with Gasteiger partial charge in [0.25, 0.3) is 0 Å². The lowest BCUT2D eigenvalue weighted by Gasteiger charge is -2.22. The van der Waals surface area contributed by atoms with E-state index in [-0.39, 0.29) is 6.61 Å². The predicted molar refractivity (Wildman–Crippen MR) is 72.3 cm³/mol. The van der Waals surface area contributed by atoms with Crippen LogP contribution in [0.4, 0.5) is 5.82 Å². The molecule has 18 heavy (non-hydrogen) atoms. The average Bonchev–Trinajstić information content (AvgIpc) is 2.64. The van der Waals surface area contributed by atoms with E-state index in [9.17, 15) is 0 Å². The normalized spacial score (nSPS) is 21.1. The lowest BCUT2D eigenvalue weighted by Crippen LogP contribution is -2.26. The highest BCUT2D eigenvalue weighted by atomic mass is 16.3. The fraction of sp³-hybridized carbons (Fsp3) is 0.714. The molecule has 0 aromatic carbocycles. The van der Waals surface area contributed by atoms with Crippen LogP contribution in [-0.4, -0.2) is 28.2 Å². The van der Waals surface area contributed by atoms with Crippen LogP contribution in [0.3, 0.4) is 0 Å². The van der Waals surface area contributed by atoms with Crippen molar-refractivity contribution in [2.45, 2.75) is 39.7 Å². The highest BCUT2D eigenvalue weighted by Crippen LogP contribution is 2.26. The molecular formula is C14H23N3O. The molecule has 2 rings (SSSR count). The molecule has 1 N–H and O–H groups in total. The van der Waals surface area contributed by atoms with Gasteiger partial charge in [-0.3, -0.25) is 4.98 Å². The van der Waals surface area contributed by atoms with Crippen molar-refractivity contribution in [2.75, 3.05) is 18.0 Å². The number of aliphatic hydroxyl groups excluding tert-OH is 1. The first kappa shape index (κ1) is 13.3. The molecule has 4 nitrogen and oxygen atoms in total. The smallest absolute Gasteiger partial charge is 0.147 e. The van der Waals surface area contributed by atoms with Crippen molar-refractivity contribution < 1.29 is 5.11 Å². The molecule has 100 valence electrons. The largest absolute Gasteiger partial charge is 0.390 e. The van der Waals surface area contributed by atoms with Gasteiger partial charge in [0.1, 0.15) is 5.82 Å². The Morgan fingerprint density at radius 2 is 2.17 bits per heavy atom. The molecule has 0 aliphatic carbocycles. The quantitative estimate of drug-likeness (QED) is 0.892. The monoisotopic (exact) mass is 249 g/mol. The van der Waals surface area contributed by atoms with E-state index >= 15 is 0 Å². The maximum atomic E-state index is 9.11. The van der Waals surface area contributed by atoms with Crippen LogP contribution in [0.5, 0.6) is 0 Å². The summed E-state index contributed by atoms with van der Waals surface area (Å²) in [7, 11) is 0. The van der Waals surface area contributed by atoms with Crippen LogP contribution in [-0.2, 0) is 6.61 Å². The number of aliphatic hydroxyl groups is 1. The van der Waals surface area contributed by atoms with Crippen molar-refractivity contribution in [3.05, 3.63) is 18.1 Å². The number of nitrogens with zero attached hydrogens (tertiary/aromatic N) is 3.